The van der Waals surface area contributed by atoms with Gasteiger partial charge in [0.05, 0.1) is 17.5 Å². The molecule has 0 aliphatic heterocycles. The van der Waals surface area contributed by atoms with Crippen molar-refractivity contribution in [1.29, 1.82) is 0 Å². The largest absolute Gasteiger partial charge is 0.481 e. The van der Waals surface area contributed by atoms with Gasteiger partial charge in [0, 0.05) is 15.4 Å². The van der Waals surface area contributed by atoms with Crippen molar-refractivity contribution in [2.75, 3.05) is 5.32 Å². The number of nitrogens with zero attached hydrogens (tertiary/aromatic N) is 1. The van der Waals surface area contributed by atoms with Gasteiger partial charge in [0.25, 0.3) is 0 Å². The van der Waals surface area contributed by atoms with Gasteiger partial charge < -0.3 is 10.4 Å². The third-order valence-electron chi connectivity index (χ3n) is 3.96. The Morgan fingerprint density at radius 2 is 1.83 bits per heavy atom. The van der Waals surface area contributed by atoms with Crippen molar-refractivity contribution in [2.24, 2.45) is 11.8 Å². The Balaban J connectivity index is 1.72. The molecule has 5 nitrogen and oxygen atoms in total. The van der Waals surface area contributed by atoms with Crippen LogP contribution in [0.15, 0.2) is 46.3 Å². The summed E-state index contributed by atoms with van der Waals surface area (Å²) >= 11 is 4.72. The third kappa shape index (κ3) is 3.73. The maximum absolute atomic E-state index is 12.4. The maximum atomic E-state index is 12.4. The van der Waals surface area contributed by atoms with Gasteiger partial charge in [-0.25, -0.2) is 4.98 Å². The van der Waals surface area contributed by atoms with Crippen LogP contribution in [0.25, 0.3) is 11.3 Å². The van der Waals surface area contributed by atoms with Crippen molar-refractivity contribution in [3.05, 3.63) is 46.3 Å². The Hall–Kier alpha value is -1.99. The molecular formula is C17H15BrN2O3S. The van der Waals surface area contributed by atoms with Crippen LogP contribution >= 0.6 is 27.3 Å². The molecule has 0 spiro atoms. The van der Waals surface area contributed by atoms with E-state index in [1.165, 1.54) is 11.3 Å². The zero-order valence-electron chi connectivity index (χ0n) is 12.6. The summed E-state index contributed by atoms with van der Waals surface area (Å²) in [4.78, 5) is 28.2. The summed E-state index contributed by atoms with van der Waals surface area (Å²) in [5, 5.41) is 14.4. The third-order valence-corrected chi connectivity index (χ3v) is 5.25. The molecule has 7 heteroatoms. The van der Waals surface area contributed by atoms with Crippen LogP contribution in [-0.2, 0) is 9.59 Å². The number of hydrogen-bond acceptors (Lipinski definition) is 4. The van der Waals surface area contributed by atoms with Gasteiger partial charge in [-0.3, -0.25) is 9.59 Å². The summed E-state index contributed by atoms with van der Waals surface area (Å²) in [7, 11) is 0. The number of carboxylic acids is 1. The second-order valence-corrected chi connectivity index (χ2v) is 7.30. The fraction of sp³-hybridized carbons (Fsp3) is 0.235. The highest BCUT2D eigenvalue weighted by molar-refractivity contribution is 9.10. The number of anilines is 1. The van der Waals surface area contributed by atoms with E-state index in [4.69, 9.17) is 0 Å². The number of nitrogens with one attached hydrogen (secondary N) is 1. The van der Waals surface area contributed by atoms with Crippen LogP contribution < -0.4 is 5.32 Å². The molecule has 0 saturated heterocycles. The molecule has 0 unspecified atom stereocenters. The number of hydrogen-bond donors (Lipinski definition) is 2. The number of carboxylic acid groups (broad SMARTS) is 1. The van der Waals surface area contributed by atoms with Gasteiger partial charge in [0.2, 0.25) is 5.91 Å². The van der Waals surface area contributed by atoms with Crippen molar-refractivity contribution in [1.82, 2.24) is 4.98 Å². The summed E-state index contributed by atoms with van der Waals surface area (Å²) in [5.74, 6) is -2.47. The van der Waals surface area contributed by atoms with Gasteiger partial charge in [-0.2, -0.15) is 0 Å². The first-order valence-electron chi connectivity index (χ1n) is 7.44. The molecule has 2 atom stereocenters. The van der Waals surface area contributed by atoms with Gasteiger partial charge >= 0.3 is 5.97 Å². The van der Waals surface area contributed by atoms with E-state index in [1.54, 1.807) is 0 Å². The number of halogens is 1. The smallest absolute Gasteiger partial charge is 0.307 e. The fourth-order valence-electron chi connectivity index (χ4n) is 2.66. The molecule has 24 heavy (non-hydrogen) atoms. The first-order valence-corrected chi connectivity index (χ1v) is 9.12. The molecule has 2 N–H and O–H groups in total. The zero-order valence-corrected chi connectivity index (χ0v) is 15.0. The van der Waals surface area contributed by atoms with Crippen molar-refractivity contribution in [3.63, 3.8) is 0 Å². The fourth-order valence-corrected chi connectivity index (χ4v) is 3.65. The van der Waals surface area contributed by atoms with E-state index < -0.39 is 17.8 Å². The lowest BCUT2D eigenvalue weighted by molar-refractivity contribution is -0.146. The van der Waals surface area contributed by atoms with Crippen molar-refractivity contribution < 1.29 is 14.7 Å². The standard InChI is InChI=1S/C17H15BrN2O3S/c18-11-7-5-10(6-8-11)14-9-24-17(19-14)20-15(21)12-3-1-2-4-13(12)16(22)23/h1-2,5-9,12-13H,3-4H2,(H,22,23)(H,19,20,21)/t12-,13-/m1/s1. The highest BCUT2D eigenvalue weighted by atomic mass is 79.9. The summed E-state index contributed by atoms with van der Waals surface area (Å²) in [6.07, 6.45) is 4.50. The lowest BCUT2D eigenvalue weighted by atomic mass is 9.82. The Bertz CT molecular complexity index is 785. The summed E-state index contributed by atoms with van der Waals surface area (Å²) in [5.41, 5.74) is 1.74. The molecule has 0 bridgehead atoms. The number of allylic oxidation sites excluding steroid dienone is 2. The zero-order chi connectivity index (χ0) is 17.1. The minimum atomic E-state index is -0.936. The Labute approximate surface area is 151 Å². The first kappa shape index (κ1) is 16.9. The molecule has 1 aromatic heterocycles. The molecule has 0 saturated carbocycles. The summed E-state index contributed by atoms with van der Waals surface area (Å²) in [6, 6.07) is 7.74. The van der Waals surface area contributed by atoms with E-state index in [0.717, 1.165) is 15.7 Å². The molecule has 124 valence electrons. The second kappa shape index (κ2) is 7.27. The van der Waals surface area contributed by atoms with Crippen LogP contribution in [0.5, 0.6) is 0 Å². The Morgan fingerprint density at radius 1 is 1.17 bits per heavy atom. The maximum Gasteiger partial charge on any atom is 0.307 e. The SMILES string of the molecule is O=C(O)[C@@H]1CC=CC[C@H]1C(=O)Nc1nc(-c2ccc(Br)cc2)cs1. The van der Waals surface area contributed by atoms with Gasteiger partial charge in [-0.05, 0) is 25.0 Å². The number of carbonyl (C=O) groups excluding carboxylic acids is 1. The van der Waals surface area contributed by atoms with Crippen molar-refractivity contribution in [2.45, 2.75) is 12.8 Å². The van der Waals surface area contributed by atoms with Gasteiger partial charge in [0.15, 0.2) is 5.13 Å². The van der Waals surface area contributed by atoms with E-state index in [1.807, 2.05) is 41.8 Å². The molecule has 1 aliphatic rings. The Kier molecular flexibility index (Phi) is 5.11. The molecule has 3 rings (SSSR count). The molecule has 2 aromatic rings. The number of aliphatic carboxylic acids is 1. The predicted octanol–water partition coefficient (Wildman–Crippen LogP) is 4.18. The highest BCUT2D eigenvalue weighted by Gasteiger charge is 2.34. The van der Waals surface area contributed by atoms with E-state index in [-0.39, 0.29) is 5.91 Å². The number of thiazole rings is 1. The molecule has 1 heterocycles. The van der Waals surface area contributed by atoms with Crippen LogP contribution in [0, 0.1) is 11.8 Å². The van der Waals surface area contributed by atoms with Crippen molar-refractivity contribution in [3.8, 4) is 11.3 Å². The molecule has 1 aromatic carbocycles. The van der Waals surface area contributed by atoms with Crippen LogP contribution in [0.1, 0.15) is 12.8 Å². The van der Waals surface area contributed by atoms with Crippen LogP contribution in [0.3, 0.4) is 0 Å². The van der Waals surface area contributed by atoms with E-state index in [0.29, 0.717) is 18.0 Å². The van der Waals surface area contributed by atoms with Crippen LogP contribution in [-0.4, -0.2) is 22.0 Å². The van der Waals surface area contributed by atoms with E-state index >= 15 is 0 Å². The number of aromatic nitrogens is 1. The monoisotopic (exact) mass is 406 g/mol. The second-order valence-electron chi connectivity index (χ2n) is 5.53. The quantitative estimate of drug-likeness (QED) is 0.746. The number of rotatable bonds is 4. The molecule has 1 amide bonds. The normalized spacial score (nSPS) is 19.9. The van der Waals surface area contributed by atoms with Gasteiger partial charge in [0.1, 0.15) is 0 Å². The molecule has 0 fully saturated rings. The van der Waals surface area contributed by atoms with Gasteiger partial charge in [-0.1, -0.05) is 40.2 Å². The average Bonchev–Trinajstić information content (AvgIpc) is 3.04. The molecule has 1 aliphatic carbocycles. The lowest BCUT2D eigenvalue weighted by Gasteiger charge is -2.23. The summed E-state index contributed by atoms with van der Waals surface area (Å²) < 4.78 is 0.986. The van der Waals surface area contributed by atoms with Crippen LogP contribution in [0.2, 0.25) is 0 Å². The molecule has 0 radical (unpaired) electrons. The van der Waals surface area contributed by atoms with E-state index in [2.05, 4.69) is 26.2 Å². The van der Waals surface area contributed by atoms with Crippen LogP contribution in [0.4, 0.5) is 5.13 Å². The first-order chi connectivity index (χ1) is 11.5. The molecular weight excluding hydrogens is 392 g/mol. The average molecular weight is 407 g/mol. The summed E-state index contributed by atoms with van der Waals surface area (Å²) in [6.45, 7) is 0. The van der Waals surface area contributed by atoms with Gasteiger partial charge in [-0.15, -0.1) is 11.3 Å². The Morgan fingerprint density at radius 3 is 2.50 bits per heavy atom. The predicted molar refractivity (Wildman–Crippen MR) is 96.9 cm³/mol. The van der Waals surface area contributed by atoms with Crippen molar-refractivity contribution >= 4 is 44.3 Å². The number of amides is 1. The number of benzene rings is 1. The minimum absolute atomic E-state index is 0.288. The van der Waals surface area contributed by atoms with E-state index in [9.17, 15) is 14.7 Å². The highest BCUT2D eigenvalue weighted by Crippen LogP contribution is 2.29. The number of carbonyl (C=O) groups is 2. The topological polar surface area (TPSA) is 79.3 Å². The minimum Gasteiger partial charge on any atom is -0.481 e. The lowest BCUT2D eigenvalue weighted by Crippen LogP contribution is -2.34.